The average Bonchev–Trinajstić information content (AvgIpc) is 3.32. The monoisotopic (exact) mass is 447 g/mol. The summed E-state index contributed by atoms with van der Waals surface area (Å²) in [5.74, 6) is 0. The van der Waals surface area contributed by atoms with Crippen LogP contribution in [0.5, 0.6) is 0 Å². The Morgan fingerprint density at radius 3 is 2.09 bits per heavy atom. The van der Waals surface area contributed by atoms with Gasteiger partial charge >= 0.3 is 0 Å². The SMILES string of the molecule is c1ccc(-c2ccc3cc(-c4ccc(-c5cccc6c5oc5ccccc56)cc4)cnc3c2)cc1. The van der Waals surface area contributed by atoms with Crippen LogP contribution in [-0.4, -0.2) is 4.98 Å². The molecule has 2 nitrogen and oxygen atoms in total. The van der Waals surface area contributed by atoms with Crippen molar-refractivity contribution < 1.29 is 4.42 Å². The Morgan fingerprint density at radius 1 is 0.486 bits per heavy atom. The number of rotatable bonds is 3. The van der Waals surface area contributed by atoms with Crippen LogP contribution in [0.1, 0.15) is 0 Å². The molecule has 7 rings (SSSR count). The van der Waals surface area contributed by atoms with Crippen LogP contribution in [-0.2, 0) is 0 Å². The number of pyridine rings is 1. The van der Waals surface area contributed by atoms with Crippen molar-refractivity contribution in [2.75, 3.05) is 0 Å². The van der Waals surface area contributed by atoms with E-state index in [-0.39, 0.29) is 0 Å². The zero-order chi connectivity index (χ0) is 23.2. The van der Waals surface area contributed by atoms with Gasteiger partial charge in [0.2, 0.25) is 0 Å². The van der Waals surface area contributed by atoms with E-state index in [2.05, 4.69) is 103 Å². The van der Waals surface area contributed by atoms with E-state index in [1.807, 2.05) is 24.4 Å². The normalized spacial score (nSPS) is 11.4. The topological polar surface area (TPSA) is 26.0 Å². The number of benzene rings is 5. The molecule has 2 aromatic heterocycles. The zero-order valence-corrected chi connectivity index (χ0v) is 19.0. The van der Waals surface area contributed by atoms with Gasteiger partial charge in [-0.2, -0.15) is 0 Å². The third-order valence-electron chi connectivity index (χ3n) is 6.72. The van der Waals surface area contributed by atoms with Crippen molar-refractivity contribution in [2.24, 2.45) is 0 Å². The number of aromatic nitrogens is 1. The Kier molecular flexibility index (Phi) is 4.49. The van der Waals surface area contributed by atoms with E-state index in [0.717, 1.165) is 55.1 Å². The van der Waals surface area contributed by atoms with Crippen molar-refractivity contribution in [3.05, 3.63) is 128 Å². The van der Waals surface area contributed by atoms with Crippen LogP contribution < -0.4 is 0 Å². The van der Waals surface area contributed by atoms with Crippen molar-refractivity contribution >= 4 is 32.8 Å². The molecule has 0 spiro atoms. The summed E-state index contributed by atoms with van der Waals surface area (Å²) in [4.78, 5) is 4.77. The van der Waals surface area contributed by atoms with Crippen molar-refractivity contribution in [1.29, 1.82) is 0 Å². The van der Waals surface area contributed by atoms with Crippen molar-refractivity contribution in [1.82, 2.24) is 4.98 Å². The maximum Gasteiger partial charge on any atom is 0.143 e. The Labute approximate surface area is 203 Å². The molecule has 35 heavy (non-hydrogen) atoms. The molecule has 0 aliphatic heterocycles. The molecular formula is C33H21NO. The molecular weight excluding hydrogens is 426 g/mol. The van der Waals surface area contributed by atoms with Gasteiger partial charge in [0.1, 0.15) is 11.2 Å². The molecule has 0 N–H and O–H groups in total. The number of hydrogen-bond donors (Lipinski definition) is 0. The van der Waals surface area contributed by atoms with E-state index in [9.17, 15) is 0 Å². The second-order valence-corrected chi connectivity index (χ2v) is 8.86. The second-order valence-electron chi connectivity index (χ2n) is 8.86. The van der Waals surface area contributed by atoms with Gasteiger partial charge in [-0.15, -0.1) is 0 Å². The van der Waals surface area contributed by atoms with E-state index in [1.165, 1.54) is 11.1 Å². The van der Waals surface area contributed by atoms with Crippen LogP contribution in [0.3, 0.4) is 0 Å². The lowest BCUT2D eigenvalue weighted by molar-refractivity contribution is 0.670. The van der Waals surface area contributed by atoms with Crippen molar-refractivity contribution in [3.63, 3.8) is 0 Å². The summed E-state index contributed by atoms with van der Waals surface area (Å²) in [5.41, 5.74) is 9.74. The van der Waals surface area contributed by atoms with Crippen LogP contribution in [0.15, 0.2) is 132 Å². The van der Waals surface area contributed by atoms with E-state index >= 15 is 0 Å². The fourth-order valence-electron chi connectivity index (χ4n) is 4.91. The van der Waals surface area contributed by atoms with Gasteiger partial charge in [-0.3, -0.25) is 4.98 Å². The summed E-state index contributed by atoms with van der Waals surface area (Å²) >= 11 is 0. The largest absolute Gasteiger partial charge is 0.455 e. The van der Waals surface area contributed by atoms with Crippen LogP contribution in [0, 0.1) is 0 Å². The summed E-state index contributed by atoms with van der Waals surface area (Å²) < 4.78 is 6.23. The van der Waals surface area contributed by atoms with Gasteiger partial charge in [0, 0.05) is 33.5 Å². The minimum Gasteiger partial charge on any atom is -0.455 e. The minimum absolute atomic E-state index is 0.921. The molecule has 0 unspecified atom stereocenters. The van der Waals surface area contributed by atoms with E-state index < -0.39 is 0 Å². The lowest BCUT2D eigenvalue weighted by Gasteiger charge is -2.08. The Hall–Kier alpha value is -4.69. The summed E-state index contributed by atoms with van der Waals surface area (Å²) in [6, 6.07) is 42.3. The Morgan fingerprint density at radius 2 is 1.20 bits per heavy atom. The predicted octanol–water partition coefficient (Wildman–Crippen LogP) is 9.14. The van der Waals surface area contributed by atoms with Crippen molar-refractivity contribution in [2.45, 2.75) is 0 Å². The van der Waals surface area contributed by atoms with Gasteiger partial charge in [0.15, 0.2) is 0 Å². The predicted molar refractivity (Wildman–Crippen MR) is 145 cm³/mol. The highest BCUT2D eigenvalue weighted by molar-refractivity contribution is 6.09. The number of fused-ring (bicyclic) bond motifs is 4. The molecule has 0 saturated carbocycles. The molecule has 0 atom stereocenters. The number of nitrogens with zero attached hydrogens (tertiary/aromatic N) is 1. The summed E-state index contributed by atoms with van der Waals surface area (Å²) in [6.45, 7) is 0. The Bertz CT molecular complexity index is 1830. The van der Waals surface area contributed by atoms with Gasteiger partial charge in [-0.25, -0.2) is 0 Å². The molecule has 0 fully saturated rings. The van der Waals surface area contributed by atoms with Gasteiger partial charge < -0.3 is 4.42 Å². The van der Waals surface area contributed by atoms with Gasteiger partial charge in [0.05, 0.1) is 5.52 Å². The fourth-order valence-corrected chi connectivity index (χ4v) is 4.91. The lowest BCUT2D eigenvalue weighted by atomic mass is 9.98. The maximum atomic E-state index is 6.23. The van der Waals surface area contributed by atoms with E-state index in [0.29, 0.717) is 0 Å². The molecule has 0 bridgehead atoms. The first-order valence-electron chi connectivity index (χ1n) is 11.8. The smallest absolute Gasteiger partial charge is 0.143 e. The fraction of sp³-hybridized carbons (Fsp3) is 0. The highest BCUT2D eigenvalue weighted by Crippen LogP contribution is 2.36. The summed E-state index contributed by atoms with van der Waals surface area (Å²) in [6.07, 6.45) is 1.96. The first kappa shape index (κ1) is 19.7. The third kappa shape index (κ3) is 3.39. The molecule has 0 aliphatic carbocycles. The van der Waals surface area contributed by atoms with Crippen LogP contribution >= 0.6 is 0 Å². The van der Waals surface area contributed by atoms with Gasteiger partial charge in [-0.05, 0) is 40.5 Å². The second kappa shape index (κ2) is 7.96. The number of furan rings is 1. The van der Waals surface area contributed by atoms with Crippen LogP contribution in [0.4, 0.5) is 0 Å². The molecule has 5 aromatic carbocycles. The molecule has 2 heteroatoms. The van der Waals surface area contributed by atoms with Crippen LogP contribution in [0.25, 0.3) is 66.2 Å². The molecule has 0 amide bonds. The minimum atomic E-state index is 0.921. The van der Waals surface area contributed by atoms with Gasteiger partial charge in [0.25, 0.3) is 0 Å². The summed E-state index contributed by atoms with van der Waals surface area (Å²) in [7, 11) is 0. The number of hydrogen-bond acceptors (Lipinski definition) is 2. The molecule has 0 radical (unpaired) electrons. The van der Waals surface area contributed by atoms with Gasteiger partial charge in [-0.1, -0.05) is 103 Å². The number of para-hydroxylation sites is 2. The molecule has 2 heterocycles. The highest BCUT2D eigenvalue weighted by Gasteiger charge is 2.12. The zero-order valence-electron chi connectivity index (χ0n) is 19.0. The highest BCUT2D eigenvalue weighted by atomic mass is 16.3. The van der Waals surface area contributed by atoms with E-state index in [4.69, 9.17) is 9.40 Å². The average molecular weight is 448 g/mol. The maximum absolute atomic E-state index is 6.23. The molecule has 164 valence electrons. The quantitative estimate of drug-likeness (QED) is 0.270. The van der Waals surface area contributed by atoms with E-state index in [1.54, 1.807) is 0 Å². The molecule has 0 aliphatic rings. The molecule has 7 aromatic rings. The first-order chi connectivity index (χ1) is 17.3. The standard InChI is InChI=1S/C33H21NO/c1-2-7-22(8-3-1)25-17-18-26-19-27(21-34-31(26)20-25)23-13-15-24(16-14-23)28-10-6-11-30-29-9-4-5-12-32(29)35-33(28)30/h1-21H. The van der Waals surface area contributed by atoms with Crippen LogP contribution in [0.2, 0.25) is 0 Å². The third-order valence-corrected chi connectivity index (χ3v) is 6.72. The lowest BCUT2D eigenvalue weighted by Crippen LogP contribution is -1.85. The Balaban J connectivity index is 1.25. The summed E-state index contributed by atoms with van der Waals surface area (Å²) in [5, 5.41) is 3.44. The first-order valence-corrected chi connectivity index (χ1v) is 11.8. The molecule has 0 saturated heterocycles. The van der Waals surface area contributed by atoms with Crippen molar-refractivity contribution in [3.8, 4) is 33.4 Å².